The summed E-state index contributed by atoms with van der Waals surface area (Å²) in [5, 5.41) is 14.0. The van der Waals surface area contributed by atoms with Crippen molar-refractivity contribution >= 4 is 45.8 Å². The van der Waals surface area contributed by atoms with Crippen LogP contribution in [0.2, 0.25) is 0 Å². The first kappa shape index (κ1) is 23.8. The van der Waals surface area contributed by atoms with Crippen molar-refractivity contribution in [3.8, 4) is 5.75 Å². The number of carbonyl (C=O) groups is 1. The Morgan fingerprint density at radius 3 is 2.38 bits per heavy atom. The number of carbonyl (C=O) groups excluding carboxylic acids is 1. The van der Waals surface area contributed by atoms with Gasteiger partial charge in [0, 0.05) is 36.8 Å². The zero-order chi connectivity index (χ0) is 24.1. The molecule has 4 N–H and O–H groups in total. The molecule has 2 heterocycles. The number of nitrogens with two attached hydrogens (primary N) is 1. The van der Waals surface area contributed by atoms with Crippen molar-refractivity contribution in [2.75, 3.05) is 18.0 Å². The zero-order valence-electron chi connectivity index (χ0n) is 18.2. The van der Waals surface area contributed by atoms with Crippen LogP contribution in [0.15, 0.2) is 79.0 Å². The van der Waals surface area contributed by atoms with Crippen molar-refractivity contribution in [3.63, 3.8) is 0 Å². The molecule has 7 nitrogen and oxygen atoms in total. The van der Waals surface area contributed by atoms with Crippen molar-refractivity contribution in [1.82, 2.24) is 15.3 Å². The van der Waals surface area contributed by atoms with E-state index in [2.05, 4.69) is 15.3 Å². The zero-order valence-corrected chi connectivity index (χ0v) is 19.7. The van der Waals surface area contributed by atoms with E-state index in [9.17, 15) is 9.90 Å². The van der Waals surface area contributed by atoms with Gasteiger partial charge in [0.15, 0.2) is 11.4 Å². The number of anilines is 1. The normalized spacial score (nSPS) is 11.4. The molecule has 0 saturated carbocycles. The molecule has 0 spiro atoms. The first-order chi connectivity index (χ1) is 16.4. The van der Waals surface area contributed by atoms with E-state index in [4.69, 9.17) is 28.9 Å². The maximum absolute atomic E-state index is 13.2. The number of amides is 1. The number of hydrogen-bond donors (Lipinski definition) is 3. The number of aromatic nitrogens is 2. The maximum Gasteiger partial charge on any atom is 0.276 e. The molecule has 1 amide bonds. The number of fused-ring (bicyclic) bond motifs is 1. The molecule has 0 aliphatic carbocycles. The molecule has 0 saturated heterocycles. The summed E-state index contributed by atoms with van der Waals surface area (Å²) >= 11 is 12.8. The molecule has 0 unspecified atom stereocenters. The van der Waals surface area contributed by atoms with E-state index < -0.39 is 10.4 Å². The van der Waals surface area contributed by atoms with Crippen LogP contribution in [0, 0.1) is 0 Å². The second-order valence-electron chi connectivity index (χ2n) is 7.62. The number of benzene rings is 2. The molecular weight excluding hydrogens is 473 g/mol. The third kappa shape index (κ3) is 5.07. The Morgan fingerprint density at radius 2 is 1.71 bits per heavy atom. The highest BCUT2D eigenvalue weighted by molar-refractivity contribution is 6.48. The highest BCUT2D eigenvalue weighted by atomic mass is 35.5. The first-order valence-corrected chi connectivity index (χ1v) is 11.4. The number of aromatic hydroxyl groups is 1. The number of hydrogen-bond acceptors (Lipinski definition) is 6. The monoisotopic (exact) mass is 495 g/mol. The van der Waals surface area contributed by atoms with Crippen LogP contribution in [0.4, 0.5) is 5.82 Å². The molecule has 2 aromatic heterocycles. The van der Waals surface area contributed by atoms with E-state index in [1.807, 2.05) is 41.3 Å². The summed E-state index contributed by atoms with van der Waals surface area (Å²) in [5.74, 6) is -0.635. The predicted molar refractivity (Wildman–Crippen MR) is 135 cm³/mol. The van der Waals surface area contributed by atoms with Gasteiger partial charge in [0.25, 0.3) is 5.91 Å². The minimum atomic E-state index is -1.73. The van der Waals surface area contributed by atoms with Crippen LogP contribution in [0.1, 0.15) is 21.6 Å². The SMILES string of the molecule is NCCN(Cc1ccccc1)c1nc(C(=O)NC(Cl)(Cl)c2ccccc2)c(O)c2ncccc12. The van der Waals surface area contributed by atoms with Crippen LogP contribution in [-0.4, -0.2) is 34.1 Å². The highest BCUT2D eigenvalue weighted by Gasteiger charge is 2.32. The van der Waals surface area contributed by atoms with E-state index >= 15 is 0 Å². The molecule has 4 aromatic rings. The van der Waals surface area contributed by atoms with Gasteiger partial charge in [-0.3, -0.25) is 9.78 Å². The lowest BCUT2D eigenvalue weighted by Crippen LogP contribution is -2.38. The predicted octanol–water partition coefficient (Wildman–Crippen LogP) is 4.32. The Kier molecular flexibility index (Phi) is 7.17. The summed E-state index contributed by atoms with van der Waals surface area (Å²) in [5.41, 5.74) is 7.40. The lowest BCUT2D eigenvalue weighted by molar-refractivity contribution is 0.0935. The van der Waals surface area contributed by atoms with E-state index in [1.54, 1.807) is 36.4 Å². The second-order valence-corrected chi connectivity index (χ2v) is 8.95. The number of alkyl halides is 2. The summed E-state index contributed by atoms with van der Waals surface area (Å²) in [7, 11) is 0. The average Bonchev–Trinajstić information content (AvgIpc) is 2.85. The van der Waals surface area contributed by atoms with E-state index in [0.717, 1.165) is 5.56 Å². The molecule has 2 aromatic carbocycles. The maximum atomic E-state index is 13.2. The van der Waals surface area contributed by atoms with E-state index in [-0.39, 0.29) is 17.0 Å². The largest absolute Gasteiger partial charge is 0.504 e. The standard InChI is InChI=1S/C25H23Cl2N5O2/c26-25(27,18-10-5-2-6-11-18)31-24(34)21-22(33)20-19(12-7-14-29-20)23(30-21)32(15-13-28)16-17-8-3-1-4-9-17/h1-12,14,33H,13,15-16,28H2,(H,31,34). The fraction of sp³-hybridized carbons (Fsp3) is 0.160. The van der Waals surface area contributed by atoms with Crippen LogP contribution < -0.4 is 16.0 Å². The van der Waals surface area contributed by atoms with Gasteiger partial charge >= 0.3 is 0 Å². The topological polar surface area (TPSA) is 104 Å². The van der Waals surface area contributed by atoms with Crippen LogP contribution in [-0.2, 0) is 11.0 Å². The number of nitrogens with zero attached hydrogens (tertiary/aromatic N) is 3. The van der Waals surface area contributed by atoms with Gasteiger partial charge < -0.3 is 21.1 Å². The molecule has 34 heavy (non-hydrogen) atoms. The van der Waals surface area contributed by atoms with Gasteiger partial charge in [0.1, 0.15) is 11.3 Å². The van der Waals surface area contributed by atoms with Crippen LogP contribution in [0.5, 0.6) is 5.75 Å². The molecule has 0 fully saturated rings. The van der Waals surface area contributed by atoms with Gasteiger partial charge in [-0.25, -0.2) is 4.98 Å². The number of nitrogens with one attached hydrogen (secondary N) is 1. The van der Waals surface area contributed by atoms with Crippen molar-refractivity contribution in [2.45, 2.75) is 11.0 Å². The smallest absolute Gasteiger partial charge is 0.276 e. The molecule has 174 valence electrons. The number of pyridine rings is 2. The Hall–Kier alpha value is -3.39. The van der Waals surface area contributed by atoms with Crippen molar-refractivity contribution in [1.29, 1.82) is 0 Å². The molecule has 0 bridgehead atoms. The quantitative estimate of drug-likeness (QED) is 0.248. The lowest BCUT2D eigenvalue weighted by Gasteiger charge is -2.26. The van der Waals surface area contributed by atoms with Crippen LogP contribution in [0.25, 0.3) is 10.9 Å². The lowest BCUT2D eigenvalue weighted by atomic mass is 10.1. The van der Waals surface area contributed by atoms with Gasteiger partial charge in [0.05, 0.1) is 0 Å². The van der Waals surface area contributed by atoms with Gasteiger partial charge in [0.2, 0.25) is 4.46 Å². The average molecular weight is 496 g/mol. The van der Waals surface area contributed by atoms with Gasteiger partial charge in [-0.2, -0.15) is 0 Å². The fourth-order valence-corrected chi connectivity index (χ4v) is 4.07. The summed E-state index contributed by atoms with van der Waals surface area (Å²) in [4.78, 5) is 24.0. The number of rotatable bonds is 8. The van der Waals surface area contributed by atoms with Crippen molar-refractivity contribution in [2.24, 2.45) is 5.73 Å². The highest BCUT2D eigenvalue weighted by Crippen LogP contribution is 2.35. The fourth-order valence-electron chi connectivity index (χ4n) is 3.65. The van der Waals surface area contributed by atoms with E-state index in [0.29, 0.717) is 36.4 Å². The molecule has 0 aliphatic rings. The van der Waals surface area contributed by atoms with Gasteiger partial charge in [-0.1, -0.05) is 83.9 Å². The van der Waals surface area contributed by atoms with Gasteiger partial charge in [-0.05, 0) is 17.7 Å². The molecule has 9 heteroatoms. The number of halogens is 2. The Bertz CT molecular complexity index is 1290. The molecule has 0 atom stereocenters. The van der Waals surface area contributed by atoms with Crippen molar-refractivity contribution < 1.29 is 9.90 Å². The Labute approximate surface area is 207 Å². The third-order valence-electron chi connectivity index (χ3n) is 5.25. The third-order valence-corrected chi connectivity index (χ3v) is 5.88. The Morgan fingerprint density at radius 1 is 1.03 bits per heavy atom. The summed E-state index contributed by atoms with van der Waals surface area (Å²) < 4.78 is -1.73. The summed E-state index contributed by atoms with van der Waals surface area (Å²) in [6.45, 7) is 1.33. The second kappa shape index (κ2) is 10.3. The summed E-state index contributed by atoms with van der Waals surface area (Å²) in [6.07, 6.45) is 1.54. The first-order valence-electron chi connectivity index (χ1n) is 10.6. The van der Waals surface area contributed by atoms with Crippen LogP contribution in [0.3, 0.4) is 0 Å². The Balaban J connectivity index is 1.77. The van der Waals surface area contributed by atoms with E-state index in [1.165, 1.54) is 6.20 Å². The molecule has 0 aliphatic heterocycles. The molecule has 0 radical (unpaired) electrons. The minimum absolute atomic E-state index is 0.238. The van der Waals surface area contributed by atoms with Crippen molar-refractivity contribution in [3.05, 3.63) is 95.8 Å². The van der Waals surface area contributed by atoms with Gasteiger partial charge in [-0.15, -0.1) is 0 Å². The molecular formula is C25H23Cl2N5O2. The minimum Gasteiger partial charge on any atom is -0.504 e. The molecule has 4 rings (SSSR count). The summed E-state index contributed by atoms with van der Waals surface area (Å²) in [6, 6.07) is 22.0. The van der Waals surface area contributed by atoms with Crippen LogP contribution >= 0.6 is 23.2 Å².